The molecule has 5 nitrogen and oxygen atoms in total. The van der Waals surface area contributed by atoms with E-state index in [4.69, 9.17) is 11.6 Å². The molecule has 6 heteroatoms. The number of fused-ring (bicyclic) bond motifs is 1. The molecule has 0 aliphatic heterocycles. The van der Waals surface area contributed by atoms with Gasteiger partial charge in [-0.1, -0.05) is 35.9 Å². The highest BCUT2D eigenvalue weighted by Gasteiger charge is 2.28. The molecule has 0 bridgehead atoms. The number of nitrogens with zero attached hydrogens (tertiary/aromatic N) is 3. The van der Waals surface area contributed by atoms with Gasteiger partial charge in [-0.2, -0.15) is 4.68 Å². The maximum absolute atomic E-state index is 10.6. The van der Waals surface area contributed by atoms with Gasteiger partial charge in [0.25, 0.3) is 0 Å². The van der Waals surface area contributed by atoms with Gasteiger partial charge in [0, 0.05) is 5.92 Å². The smallest absolute Gasteiger partial charge is 0.358 e. The summed E-state index contributed by atoms with van der Waals surface area (Å²) >= 11 is 5.76. The highest BCUT2D eigenvalue weighted by molar-refractivity contribution is 6.32. The van der Waals surface area contributed by atoms with Gasteiger partial charge in [0.15, 0.2) is 5.02 Å². The molecule has 0 fully saturated rings. The van der Waals surface area contributed by atoms with Gasteiger partial charge in [0.2, 0.25) is 0 Å². The molecule has 2 aromatic rings. The van der Waals surface area contributed by atoms with Crippen LogP contribution in [0.4, 0.5) is 5.82 Å². The first-order valence-corrected chi connectivity index (χ1v) is 5.98. The number of halogens is 1. The lowest BCUT2D eigenvalue weighted by molar-refractivity contribution is -0.389. The first-order chi connectivity index (χ1) is 8.65. The van der Waals surface area contributed by atoms with E-state index in [1.54, 1.807) is 4.68 Å². The Morgan fingerprint density at radius 2 is 2.28 bits per heavy atom. The lowest BCUT2D eigenvalue weighted by Gasteiger charge is -2.29. The van der Waals surface area contributed by atoms with Gasteiger partial charge in [0.05, 0.1) is 17.8 Å². The van der Waals surface area contributed by atoms with Gasteiger partial charge in [-0.05, 0) is 22.5 Å². The summed E-state index contributed by atoms with van der Waals surface area (Å²) in [7, 11) is 0. The van der Waals surface area contributed by atoms with Crippen molar-refractivity contribution in [1.82, 2.24) is 9.78 Å². The number of rotatable bonds is 3. The van der Waals surface area contributed by atoms with Crippen molar-refractivity contribution in [2.75, 3.05) is 0 Å². The standard InChI is InChI=1S/C12H10ClN3O2/c13-11-7-15(14-12(11)16(17)18)6-9-5-8-3-1-2-4-10(8)9/h1-4,7,9H,5-6H2. The summed E-state index contributed by atoms with van der Waals surface area (Å²) in [6.45, 7) is 0.630. The van der Waals surface area contributed by atoms with E-state index >= 15 is 0 Å². The maximum atomic E-state index is 10.6. The van der Waals surface area contributed by atoms with Gasteiger partial charge in [-0.25, -0.2) is 0 Å². The van der Waals surface area contributed by atoms with Crippen LogP contribution in [0.25, 0.3) is 0 Å². The third-order valence-corrected chi connectivity index (χ3v) is 3.51. The Morgan fingerprint density at radius 1 is 1.50 bits per heavy atom. The molecule has 1 aromatic heterocycles. The molecule has 0 saturated heterocycles. The predicted molar refractivity (Wildman–Crippen MR) is 66.8 cm³/mol. The summed E-state index contributed by atoms with van der Waals surface area (Å²) in [6, 6.07) is 8.21. The van der Waals surface area contributed by atoms with Crippen molar-refractivity contribution in [1.29, 1.82) is 0 Å². The Bertz CT molecular complexity index is 624. The van der Waals surface area contributed by atoms with Crippen molar-refractivity contribution in [3.8, 4) is 0 Å². The van der Waals surface area contributed by atoms with Gasteiger partial charge < -0.3 is 10.1 Å². The van der Waals surface area contributed by atoms with E-state index in [-0.39, 0.29) is 10.8 Å². The van der Waals surface area contributed by atoms with Crippen molar-refractivity contribution >= 4 is 17.4 Å². The zero-order valence-corrected chi connectivity index (χ0v) is 10.2. The predicted octanol–water partition coefficient (Wildman–Crippen LogP) is 2.78. The monoisotopic (exact) mass is 263 g/mol. The van der Waals surface area contributed by atoms with Crippen LogP contribution in [0.2, 0.25) is 5.02 Å². The first-order valence-electron chi connectivity index (χ1n) is 5.60. The number of nitro groups is 1. The number of hydrogen-bond donors (Lipinski definition) is 0. The van der Waals surface area contributed by atoms with Crippen LogP contribution in [0.15, 0.2) is 30.5 Å². The van der Waals surface area contributed by atoms with Crippen LogP contribution in [0, 0.1) is 10.1 Å². The van der Waals surface area contributed by atoms with Gasteiger partial charge in [0.1, 0.15) is 0 Å². The molecule has 1 aromatic carbocycles. The zero-order chi connectivity index (χ0) is 12.7. The second kappa shape index (κ2) is 4.10. The topological polar surface area (TPSA) is 61.0 Å². The fourth-order valence-electron chi connectivity index (χ4n) is 2.36. The van der Waals surface area contributed by atoms with E-state index < -0.39 is 4.92 Å². The molecule has 18 heavy (non-hydrogen) atoms. The fourth-order valence-corrected chi connectivity index (χ4v) is 2.57. The normalized spacial score (nSPS) is 17.1. The lowest BCUT2D eigenvalue weighted by atomic mass is 9.78. The van der Waals surface area contributed by atoms with Gasteiger partial charge >= 0.3 is 5.82 Å². The third-order valence-electron chi connectivity index (χ3n) is 3.24. The highest BCUT2D eigenvalue weighted by Crippen LogP contribution is 2.36. The second-order valence-electron chi connectivity index (χ2n) is 4.38. The molecule has 0 N–H and O–H groups in total. The summed E-state index contributed by atoms with van der Waals surface area (Å²) < 4.78 is 1.56. The van der Waals surface area contributed by atoms with Crippen molar-refractivity contribution < 1.29 is 4.92 Å². The Balaban J connectivity index is 1.79. The fraction of sp³-hybridized carbons (Fsp3) is 0.250. The Labute approximate surface area is 108 Å². The van der Waals surface area contributed by atoms with E-state index in [0.717, 1.165) is 6.42 Å². The van der Waals surface area contributed by atoms with Gasteiger partial charge in [-0.3, -0.25) is 0 Å². The zero-order valence-electron chi connectivity index (χ0n) is 9.41. The molecule has 92 valence electrons. The number of benzene rings is 1. The minimum Gasteiger partial charge on any atom is -0.358 e. The van der Waals surface area contributed by atoms with Crippen LogP contribution in [0.5, 0.6) is 0 Å². The molecule has 1 unspecified atom stereocenters. The van der Waals surface area contributed by atoms with Crippen LogP contribution in [-0.2, 0) is 13.0 Å². The Morgan fingerprint density at radius 3 is 2.94 bits per heavy atom. The second-order valence-corrected chi connectivity index (χ2v) is 4.79. The Kier molecular flexibility index (Phi) is 2.56. The summed E-state index contributed by atoms with van der Waals surface area (Å²) in [5, 5.41) is 14.6. The van der Waals surface area contributed by atoms with Crippen LogP contribution in [0.1, 0.15) is 17.0 Å². The molecule has 0 saturated carbocycles. The van der Waals surface area contributed by atoms with E-state index in [1.807, 2.05) is 12.1 Å². The van der Waals surface area contributed by atoms with E-state index in [9.17, 15) is 10.1 Å². The Hall–Kier alpha value is -1.88. The van der Waals surface area contributed by atoms with Gasteiger partial charge in [-0.15, -0.1) is 0 Å². The molecule has 0 spiro atoms. The highest BCUT2D eigenvalue weighted by atomic mass is 35.5. The summed E-state index contributed by atoms with van der Waals surface area (Å²) in [5.74, 6) is 0.0982. The summed E-state index contributed by atoms with van der Waals surface area (Å²) in [5.41, 5.74) is 2.64. The van der Waals surface area contributed by atoms with Crippen LogP contribution in [-0.4, -0.2) is 14.7 Å². The molecular weight excluding hydrogens is 254 g/mol. The molecular formula is C12H10ClN3O2. The molecule has 1 atom stereocenters. The van der Waals surface area contributed by atoms with Crippen molar-refractivity contribution in [3.05, 3.63) is 56.7 Å². The number of hydrogen-bond acceptors (Lipinski definition) is 3. The summed E-state index contributed by atoms with van der Waals surface area (Å²) in [4.78, 5) is 10.1. The molecule has 1 aliphatic carbocycles. The molecule has 1 heterocycles. The SMILES string of the molecule is O=[N+]([O-])c1nn(CC2Cc3ccccc32)cc1Cl. The van der Waals surface area contributed by atoms with Crippen LogP contribution in [0.3, 0.4) is 0 Å². The molecule has 3 rings (SSSR count). The van der Waals surface area contributed by atoms with Crippen molar-refractivity contribution in [3.63, 3.8) is 0 Å². The van der Waals surface area contributed by atoms with Crippen LogP contribution < -0.4 is 0 Å². The quantitative estimate of drug-likeness (QED) is 0.632. The van der Waals surface area contributed by atoms with E-state index in [1.165, 1.54) is 17.3 Å². The largest absolute Gasteiger partial charge is 0.408 e. The first kappa shape index (κ1) is 11.2. The third kappa shape index (κ3) is 1.76. The molecule has 1 aliphatic rings. The van der Waals surface area contributed by atoms with Crippen LogP contribution >= 0.6 is 11.6 Å². The average molecular weight is 264 g/mol. The number of aromatic nitrogens is 2. The van der Waals surface area contributed by atoms with E-state index in [2.05, 4.69) is 17.2 Å². The molecule has 0 amide bonds. The minimum absolute atomic E-state index is 0.0904. The lowest BCUT2D eigenvalue weighted by Crippen LogP contribution is -2.22. The molecule has 0 radical (unpaired) electrons. The van der Waals surface area contributed by atoms with E-state index in [0.29, 0.717) is 12.5 Å². The maximum Gasteiger partial charge on any atom is 0.408 e. The van der Waals surface area contributed by atoms with Crippen molar-refractivity contribution in [2.45, 2.75) is 18.9 Å². The average Bonchev–Trinajstić information content (AvgIpc) is 2.67. The minimum atomic E-state index is -0.562. The van der Waals surface area contributed by atoms with Crippen molar-refractivity contribution in [2.24, 2.45) is 0 Å². The summed E-state index contributed by atoms with van der Waals surface area (Å²) in [6.07, 6.45) is 2.50.